The minimum Gasteiger partial charge on any atom is -0.494 e. The zero-order chi connectivity index (χ0) is 21.5. The molecule has 2 heterocycles. The molecular formula is C25H29N3O2S. The van der Waals surface area contributed by atoms with Crippen LogP contribution in [0, 0.1) is 5.92 Å². The number of nitrogens with one attached hydrogen (secondary N) is 1. The molecule has 31 heavy (non-hydrogen) atoms. The van der Waals surface area contributed by atoms with Crippen molar-refractivity contribution in [2.75, 3.05) is 19.7 Å². The molecule has 0 bridgehead atoms. The van der Waals surface area contributed by atoms with Crippen LogP contribution in [-0.2, 0) is 17.9 Å². The van der Waals surface area contributed by atoms with E-state index in [9.17, 15) is 4.79 Å². The molecule has 1 N–H and O–H groups in total. The summed E-state index contributed by atoms with van der Waals surface area (Å²) in [5.41, 5.74) is 3.36. The molecule has 0 saturated carbocycles. The van der Waals surface area contributed by atoms with Gasteiger partial charge in [-0.2, -0.15) is 0 Å². The lowest BCUT2D eigenvalue weighted by atomic mass is 9.95. The second-order valence-electron chi connectivity index (χ2n) is 7.86. The number of piperidine rings is 1. The van der Waals surface area contributed by atoms with Gasteiger partial charge in [0.25, 0.3) is 0 Å². The second-order valence-corrected chi connectivity index (χ2v) is 8.71. The summed E-state index contributed by atoms with van der Waals surface area (Å²) >= 11 is 1.68. The number of carbonyl (C=O) groups is 1. The predicted molar refractivity (Wildman–Crippen MR) is 125 cm³/mol. The number of ether oxygens (including phenoxy) is 1. The Morgan fingerprint density at radius 1 is 1.13 bits per heavy atom. The van der Waals surface area contributed by atoms with Crippen molar-refractivity contribution >= 4 is 17.2 Å². The lowest BCUT2D eigenvalue weighted by Crippen LogP contribution is -2.40. The normalized spacial score (nSPS) is 15.0. The number of amides is 1. The summed E-state index contributed by atoms with van der Waals surface area (Å²) in [7, 11) is 0. The lowest BCUT2D eigenvalue weighted by Gasteiger charge is -2.30. The molecule has 6 heteroatoms. The smallest absolute Gasteiger partial charge is 0.223 e. The summed E-state index contributed by atoms with van der Waals surface area (Å²) in [6, 6.07) is 18.2. The highest BCUT2D eigenvalue weighted by Gasteiger charge is 2.25. The van der Waals surface area contributed by atoms with Crippen LogP contribution in [0.15, 0.2) is 60.0 Å². The van der Waals surface area contributed by atoms with Crippen molar-refractivity contribution in [2.24, 2.45) is 5.92 Å². The van der Waals surface area contributed by atoms with E-state index < -0.39 is 0 Å². The fourth-order valence-electron chi connectivity index (χ4n) is 3.88. The Morgan fingerprint density at radius 2 is 1.87 bits per heavy atom. The second kappa shape index (κ2) is 10.6. The Labute approximate surface area is 188 Å². The monoisotopic (exact) mass is 435 g/mol. The maximum atomic E-state index is 12.5. The van der Waals surface area contributed by atoms with Crippen molar-refractivity contribution < 1.29 is 9.53 Å². The molecule has 0 aliphatic carbocycles. The maximum absolute atomic E-state index is 12.5. The molecule has 0 unspecified atom stereocenters. The van der Waals surface area contributed by atoms with Crippen LogP contribution in [-0.4, -0.2) is 35.5 Å². The first-order valence-corrected chi connectivity index (χ1v) is 11.8. The molecule has 1 aliphatic rings. The molecule has 3 aromatic rings. The molecule has 162 valence electrons. The summed E-state index contributed by atoms with van der Waals surface area (Å²) < 4.78 is 5.51. The quantitative estimate of drug-likeness (QED) is 0.555. The molecule has 5 nitrogen and oxygen atoms in total. The van der Waals surface area contributed by atoms with E-state index in [0.29, 0.717) is 13.2 Å². The Kier molecular flexibility index (Phi) is 7.33. The maximum Gasteiger partial charge on any atom is 0.223 e. The molecule has 1 aliphatic heterocycles. The van der Waals surface area contributed by atoms with E-state index in [4.69, 9.17) is 9.72 Å². The number of rotatable bonds is 8. The minimum absolute atomic E-state index is 0.106. The molecule has 1 saturated heterocycles. The van der Waals surface area contributed by atoms with Crippen LogP contribution in [0.4, 0.5) is 0 Å². The van der Waals surface area contributed by atoms with Crippen LogP contribution < -0.4 is 10.1 Å². The minimum atomic E-state index is 0.106. The number of likely N-dealkylation sites (tertiary alicyclic amines) is 1. The summed E-state index contributed by atoms with van der Waals surface area (Å²) in [6.07, 6.45) is 1.80. The molecule has 0 spiro atoms. The van der Waals surface area contributed by atoms with Crippen LogP contribution in [0.5, 0.6) is 5.75 Å². The number of hydrogen-bond donors (Lipinski definition) is 1. The number of hydrogen-bond acceptors (Lipinski definition) is 5. The van der Waals surface area contributed by atoms with E-state index in [2.05, 4.69) is 27.7 Å². The first-order chi connectivity index (χ1) is 15.2. The predicted octanol–water partition coefficient (Wildman–Crippen LogP) is 4.74. The number of benzene rings is 2. The van der Waals surface area contributed by atoms with Gasteiger partial charge in [-0.05, 0) is 62.7 Å². The van der Waals surface area contributed by atoms with Gasteiger partial charge in [0.1, 0.15) is 10.8 Å². The zero-order valence-electron chi connectivity index (χ0n) is 17.9. The standard InChI is InChI=1S/C25H29N3O2S/c1-2-30-23-10-8-21(9-11-23)25-27-22(18-31-25)17-28-14-12-20(13-15-28)24(29)26-16-19-6-4-3-5-7-19/h3-11,18,20H,2,12-17H2,1H3,(H,26,29). The Bertz CT molecular complexity index is 964. The third kappa shape index (κ3) is 5.93. The number of carbonyl (C=O) groups excluding carboxylic acids is 1. The summed E-state index contributed by atoms with van der Waals surface area (Å²) in [6.45, 7) is 5.96. The van der Waals surface area contributed by atoms with Crippen LogP contribution in [0.1, 0.15) is 31.0 Å². The van der Waals surface area contributed by atoms with Gasteiger partial charge in [0.15, 0.2) is 0 Å². The molecular weight excluding hydrogens is 406 g/mol. The van der Waals surface area contributed by atoms with Gasteiger partial charge in [0, 0.05) is 30.0 Å². The van der Waals surface area contributed by atoms with Crippen molar-refractivity contribution in [3.8, 4) is 16.3 Å². The van der Waals surface area contributed by atoms with E-state index in [1.807, 2.05) is 49.4 Å². The van der Waals surface area contributed by atoms with Crippen molar-refractivity contribution in [1.29, 1.82) is 0 Å². The number of aromatic nitrogens is 1. The van der Waals surface area contributed by atoms with E-state index >= 15 is 0 Å². The van der Waals surface area contributed by atoms with Gasteiger partial charge >= 0.3 is 0 Å². The van der Waals surface area contributed by atoms with Gasteiger partial charge in [-0.1, -0.05) is 30.3 Å². The molecule has 0 radical (unpaired) electrons. The third-order valence-electron chi connectivity index (χ3n) is 5.62. The summed E-state index contributed by atoms with van der Waals surface area (Å²) in [5, 5.41) is 6.27. The van der Waals surface area contributed by atoms with Gasteiger partial charge < -0.3 is 10.1 Å². The Balaban J connectivity index is 1.24. The van der Waals surface area contributed by atoms with E-state index in [-0.39, 0.29) is 11.8 Å². The number of nitrogens with zero attached hydrogens (tertiary/aromatic N) is 2. The molecule has 2 aromatic carbocycles. The summed E-state index contributed by atoms with van der Waals surface area (Å²) in [5.74, 6) is 1.17. The van der Waals surface area contributed by atoms with E-state index in [0.717, 1.165) is 60.1 Å². The van der Waals surface area contributed by atoms with Crippen molar-refractivity contribution in [3.05, 3.63) is 71.2 Å². The van der Waals surface area contributed by atoms with Gasteiger partial charge in [-0.25, -0.2) is 4.98 Å². The highest BCUT2D eigenvalue weighted by atomic mass is 32.1. The molecule has 1 aromatic heterocycles. The van der Waals surface area contributed by atoms with E-state index in [1.165, 1.54) is 0 Å². The molecule has 1 amide bonds. The molecule has 4 rings (SSSR count). The van der Waals surface area contributed by atoms with Crippen molar-refractivity contribution in [1.82, 2.24) is 15.2 Å². The third-order valence-corrected chi connectivity index (χ3v) is 6.56. The topological polar surface area (TPSA) is 54.5 Å². The van der Waals surface area contributed by atoms with Crippen LogP contribution >= 0.6 is 11.3 Å². The van der Waals surface area contributed by atoms with E-state index in [1.54, 1.807) is 11.3 Å². The van der Waals surface area contributed by atoms with Gasteiger partial charge in [-0.15, -0.1) is 11.3 Å². The Morgan fingerprint density at radius 3 is 2.58 bits per heavy atom. The first kappa shape index (κ1) is 21.5. The fourth-order valence-corrected chi connectivity index (χ4v) is 4.70. The van der Waals surface area contributed by atoms with Crippen LogP contribution in [0.3, 0.4) is 0 Å². The number of thiazole rings is 1. The van der Waals surface area contributed by atoms with Gasteiger partial charge in [-0.3, -0.25) is 9.69 Å². The molecule has 1 fully saturated rings. The van der Waals surface area contributed by atoms with Crippen molar-refractivity contribution in [2.45, 2.75) is 32.9 Å². The highest BCUT2D eigenvalue weighted by Crippen LogP contribution is 2.27. The fraction of sp³-hybridized carbons (Fsp3) is 0.360. The Hall–Kier alpha value is -2.70. The zero-order valence-corrected chi connectivity index (χ0v) is 18.7. The highest BCUT2D eigenvalue weighted by molar-refractivity contribution is 7.13. The largest absolute Gasteiger partial charge is 0.494 e. The average molecular weight is 436 g/mol. The SMILES string of the molecule is CCOc1ccc(-c2nc(CN3CCC(C(=O)NCc4ccccc4)CC3)cs2)cc1. The van der Waals surface area contributed by atoms with Gasteiger partial charge in [0.05, 0.1) is 12.3 Å². The first-order valence-electron chi connectivity index (χ1n) is 10.9. The van der Waals surface area contributed by atoms with Crippen LogP contribution in [0.2, 0.25) is 0 Å². The average Bonchev–Trinajstić information content (AvgIpc) is 3.28. The van der Waals surface area contributed by atoms with Crippen LogP contribution in [0.25, 0.3) is 10.6 Å². The molecule has 0 atom stereocenters. The van der Waals surface area contributed by atoms with Gasteiger partial charge in [0.2, 0.25) is 5.91 Å². The summed E-state index contributed by atoms with van der Waals surface area (Å²) in [4.78, 5) is 19.7. The van der Waals surface area contributed by atoms with Crippen molar-refractivity contribution in [3.63, 3.8) is 0 Å². The lowest BCUT2D eigenvalue weighted by molar-refractivity contribution is -0.126.